The molecule has 4 nitrogen and oxygen atoms in total. The number of benzene rings is 1. The van der Waals surface area contributed by atoms with E-state index in [9.17, 15) is 18.0 Å². The number of nitrogens with one attached hydrogen (secondary N) is 1. The first-order valence-electron chi connectivity index (χ1n) is 5.55. The molecule has 0 aliphatic rings. The van der Waals surface area contributed by atoms with E-state index in [0.717, 1.165) is 0 Å². The van der Waals surface area contributed by atoms with Gasteiger partial charge in [-0.15, -0.1) is 0 Å². The average Bonchev–Trinajstić information content (AvgIpc) is 2.34. The van der Waals surface area contributed by atoms with Gasteiger partial charge in [-0.05, 0) is 17.7 Å². The molecule has 0 radical (unpaired) electrons. The Bertz CT molecular complexity index is 421. The number of rotatable bonds is 6. The number of carbonyl (C=O) groups is 1. The summed E-state index contributed by atoms with van der Waals surface area (Å²) in [5, 5.41) is 11.4. The van der Waals surface area contributed by atoms with Crippen molar-refractivity contribution in [1.82, 2.24) is 0 Å². The maximum absolute atomic E-state index is 11.8. The third kappa shape index (κ3) is 6.78. The average molecular weight is 277 g/mol. The third-order valence-corrected chi connectivity index (χ3v) is 2.13. The van der Waals surface area contributed by atoms with Crippen LogP contribution < -0.4 is 5.32 Å². The highest BCUT2D eigenvalue weighted by molar-refractivity contribution is 5.90. The lowest BCUT2D eigenvalue weighted by molar-refractivity contribution is -0.174. The smallest absolute Gasteiger partial charge is 0.392 e. The Hall–Kier alpha value is -1.60. The third-order valence-electron chi connectivity index (χ3n) is 2.13. The molecule has 0 saturated heterocycles. The lowest BCUT2D eigenvalue weighted by atomic mass is 10.2. The number of aliphatic hydroxyl groups excluding tert-OH is 1. The first-order valence-corrected chi connectivity index (χ1v) is 5.55. The minimum absolute atomic E-state index is 0.154. The summed E-state index contributed by atoms with van der Waals surface area (Å²) < 4.78 is 39.6. The standard InChI is InChI=1S/C12H14F3NO3/c13-12(14,15)8-19-5-4-11(18)16-10-3-1-2-9(6-10)7-17/h1-3,6,17H,4-5,7-8H2,(H,16,18). The van der Waals surface area contributed by atoms with Gasteiger partial charge in [-0.1, -0.05) is 12.1 Å². The SMILES string of the molecule is O=C(CCOCC(F)(F)F)Nc1cccc(CO)c1. The molecule has 0 unspecified atom stereocenters. The van der Waals surface area contributed by atoms with Gasteiger partial charge >= 0.3 is 6.18 Å². The number of hydrogen-bond donors (Lipinski definition) is 2. The van der Waals surface area contributed by atoms with E-state index in [2.05, 4.69) is 10.1 Å². The van der Waals surface area contributed by atoms with Crippen molar-refractivity contribution in [3.8, 4) is 0 Å². The molecule has 2 N–H and O–H groups in total. The van der Waals surface area contributed by atoms with Crippen LogP contribution in [-0.4, -0.2) is 30.4 Å². The molecule has 106 valence electrons. The van der Waals surface area contributed by atoms with Crippen LogP contribution in [0.3, 0.4) is 0 Å². The molecule has 1 rings (SSSR count). The summed E-state index contributed by atoms with van der Waals surface area (Å²) in [7, 11) is 0. The highest BCUT2D eigenvalue weighted by atomic mass is 19.4. The summed E-state index contributed by atoms with van der Waals surface area (Å²) in [5.41, 5.74) is 1.11. The van der Waals surface area contributed by atoms with Crippen LogP contribution in [0.2, 0.25) is 0 Å². The fourth-order valence-electron chi connectivity index (χ4n) is 1.32. The van der Waals surface area contributed by atoms with E-state index in [1.165, 1.54) is 0 Å². The molecule has 0 bridgehead atoms. The summed E-state index contributed by atoms with van der Waals surface area (Å²) >= 11 is 0. The Morgan fingerprint density at radius 2 is 2.11 bits per heavy atom. The molecule has 1 amide bonds. The molecule has 19 heavy (non-hydrogen) atoms. The monoisotopic (exact) mass is 277 g/mol. The van der Waals surface area contributed by atoms with Gasteiger partial charge in [0.2, 0.25) is 5.91 Å². The van der Waals surface area contributed by atoms with Gasteiger partial charge in [0, 0.05) is 5.69 Å². The lowest BCUT2D eigenvalue weighted by Gasteiger charge is -2.08. The van der Waals surface area contributed by atoms with Crippen LogP contribution in [-0.2, 0) is 16.1 Å². The van der Waals surface area contributed by atoms with Crippen LogP contribution in [0, 0.1) is 0 Å². The van der Waals surface area contributed by atoms with Gasteiger partial charge in [0.15, 0.2) is 0 Å². The Labute approximate surface area is 108 Å². The van der Waals surface area contributed by atoms with Crippen molar-refractivity contribution in [3.05, 3.63) is 29.8 Å². The molecule has 0 aliphatic carbocycles. The van der Waals surface area contributed by atoms with Crippen LogP contribution in [0.5, 0.6) is 0 Å². The molecule has 0 heterocycles. The van der Waals surface area contributed by atoms with E-state index in [4.69, 9.17) is 5.11 Å². The van der Waals surface area contributed by atoms with Crippen molar-refractivity contribution in [2.24, 2.45) is 0 Å². The van der Waals surface area contributed by atoms with Gasteiger partial charge in [0.1, 0.15) is 6.61 Å². The fraction of sp³-hybridized carbons (Fsp3) is 0.417. The van der Waals surface area contributed by atoms with Gasteiger partial charge in [-0.25, -0.2) is 0 Å². The summed E-state index contributed by atoms with van der Waals surface area (Å²) in [6, 6.07) is 6.53. The maximum atomic E-state index is 11.8. The molecule has 0 spiro atoms. The fourth-order valence-corrected chi connectivity index (χ4v) is 1.32. The molecule has 0 aliphatic heterocycles. The topological polar surface area (TPSA) is 58.6 Å². The zero-order valence-corrected chi connectivity index (χ0v) is 10.0. The number of anilines is 1. The zero-order valence-electron chi connectivity index (χ0n) is 10.0. The van der Waals surface area contributed by atoms with Crippen LogP contribution in [0.1, 0.15) is 12.0 Å². The summed E-state index contributed by atoms with van der Waals surface area (Å²) in [5.74, 6) is -0.447. The van der Waals surface area contributed by atoms with Crippen molar-refractivity contribution in [1.29, 1.82) is 0 Å². The highest BCUT2D eigenvalue weighted by Gasteiger charge is 2.27. The Morgan fingerprint density at radius 3 is 2.74 bits per heavy atom. The lowest BCUT2D eigenvalue weighted by Crippen LogP contribution is -2.20. The van der Waals surface area contributed by atoms with Crippen LogP contribution in [0.15, 0.2) is 24.3 Å². The Morgan fingerprint density at radius 1 is 1.37 bits per heavy atom. The molecule has 0 saturated carbocycles. The second kappa shape index (κ2) is 7.10. The molecule has 1 aromatic carbocycles. The molecule has 0 aromatic heterocycles. The zero-order chi connectivity index (χ0) is 14.3. The predicted molar refractivity (Wildman–Crippen MR) is 62.5 cm³/mol. The molecule has 7 heteroatoms. The Balaban J connectivity index is 2.31. The predicted octanol–water partition coefficient (Wildman–Crippen LogP) is 2.09. The summed E-state index contributed by atoms with van der Waals surface area (Å²) in [6.07, 6.45) is -4.55. The van der Waals surface area contributed by atoms with E-state index < -0.39 is 18.7 Å². The van der Waals surface area contributed by atoms with Crippen LogP contribution in [0.4, 0.5) is 18.9 Å². The number of carbonyl (C=O) groups excluding carboxylic acids is 1. The first-order chi connectivity index (χ1) is 8.90. The van der Waals surface area contributed by atoms with Gasteiger partial charge in [0.05, 0.1) is 19.6 Å². The van der Waals surface area contributed by atoms with Crippen molar-refractivity contribution in [2.75, 3.05) is 18.5 Å². The molecule has 0 atom stereocenters. The van der Waals surface area contributed by atoms with E-state index >= 15 is 0 Å². The van der Waals surface area contributed by atoms with Gasteiger partial charge in [-0.3, -0.25) is 4.79 Å². The number of ether oxygens (including phenoxy) is 1. The number of alkyl halides is 3. The van der Waals surface area contributed by atoms with Crippen molar-refractivity contribution in [2.45, 2.75) is 19.2 Å². The van der Waals surface area contributed by atoms with Crippen molar-refractivity contribution >= 4 is 11.6 Å². The van der Waals surface area contributed by atoms with Crippen LogP contribution >= 0.6 is 0 Å². The number of halogens is 3. The molecule has 0 fully saturated rings. The summed E-state index contributed by atoms with van der Waals surface area (Å²) in [4.78, 5) is 11.4. The minimum atomic E-state index is -4.38. The molecule has 1 aromatic rings. The highest BCUT2D eigenvalue weighted by Crippen LogP contribution is 2.14. The van der Waals surface area contributed by atoms with Gasteiger partial charge in [-0.2, -0.15) is 13.2 Å². The maximum Gasteiger partial charge on any atom is 0.411 e. The molecular weight excluding hydrogens is 263 g/mol. The van der Waals surface area contributed by atoms with Crippen molar-refractivity contribution in [3.63, 3.8) is 0 Å². The number of aliphatic hydroxyl groups is 1. The first kappa shape index (κ1) is 15.5. The van der Waals surface area contributed by atoms with E-state index in [0.29, 0.717) is 11.3 Å². The summed E-state index contributed by atoms with van der Waals surface area (Å²) in [6.45, 7) is -1.82. The van der Waals surface area contributed by atoms with E-state index in [-0.39, 0.29) is 19.6 Å². The van der Waals surface area contributed by atoms with Crippen molar-refractivity contribution < 1.29 is 27.8 Å². The van der Waals surface area contributed by atoms with Gasteiger partial charge in [0.25, 0.3) is 0 Å². The Kier molecular flexibility index (Phi) is 5.78. The van der Waals surface area contributed by atoms with Crippen LogP contribution in [0.25, 0.3) is 0 Å². The van der Waals surface area contributed by atoms with E-state index in [1.807, 2.05) is 0 Å². The normalized spacial score (nSPS) is 11.4. The quantitative estimate of drug-likeness (QED) is 0.783. The van der Waals surface area contributed by atoms with Gasteiger partial charge < -0.3 is 15.2 Å². The number of amides is 1. The number of hydrogen-bond acceptors (Lipinski definition) is 3. The van der Waals surface area contributed by atoms with E-state index in [1.54, 1.807) is 24.3 Å². The second-order valence-electron chi connectivity index (χ2n) is 3.82. The minimum Gasteiger partial charge on any atom is -0.392 e. The second-order valence-corrected chi connectivity index (χ2v) is 3.82. The molecular formula is C12H14F3NO3. The largest absolute Gasteiger partial charge is 0.411 e.